The van der Waals surface area contributed by atoms with Crippen LogP contribution in [0, 0.1) is 0 Å². The summed E-state index contributed by atoms with van der Waals surface area (Å²) in [5, 5.41) is 8.38. The molecule has 0 unspecified atom stereocenters. The normalized spacial score (nSPS) is 13.0. The molecule has 0 saturated heterocycles. The molecule has 0 spiro atoms. The Morgan fingerprint density at radius 3 is 2.55 bits per heavy atom. The maximum atomic E-state index is 12.0. The summed E-state index contributed by atoms with van der Waals surface area (Å²) in [5.41, 5.74) is 0.432. The van der Waals surface area contributed by atoms with E-state index in [1.54, 1.807) is 25.1 Å². The zero-order chi connectivity index (χ0) is 16.7. The van der Waals surface area contributed by atoms with Gasteiger partial charge in [-0.05, 0) is 32.4 Å². The Kier molecular flexibility index (Phi) is 6.98. The minimum absolute atomic E-state index is 0.0628. The standard InChI is InChI=1S/C15H22ClN3O3/c1-5-9(2)17-14(20)10(3)18-15(21)19-12-8-6-7-11(16)13(12)22-4/h6-10H,5H2,1-4H3,(H,17,20)(H2,18,19,21)/t9-,10-/m0/s1. The van der Waals surface area contributed by atoms with Crippen LogP contribution in [0.15, 0.2) is 18.2 Å². The molecule has 3 amide bonds. The zero-order valence-corrected chi connectivity index (χ0v) is 14.0. The molecule has 0 heterocycles. The van der Waals surface area contributed by atoms with Crippen LogP contribution in [0.5, 0.6) is 5.75 Å². The van der Waals surface area contributed by atoms with Crippen LogP contribution < -0.4 is 20.7 Å². The number of hydrogen-bond acceptors (Lipinski definition) is 3. The van der Waals surface area contributed by atoms with Crippen molar-refractivity contribution in [1.29, 1.82) is 0 Å². The van der Waals surface area contributed by atoms with Crippen molar-refractivity contribution in [2.24, 2.45) is 0 Å². The number of benzene rings is 1. The first kappa shape index (κ1) is 18.1. The van der Waals surface area contributed by atoms with E-state index in [0.29, 0.717) is 16.5 Å². The van der Waals surface area contributed by atoms with Gasteiger partial charge < -0.3 is 20.7 Å². The van der Waals surface area contributed by atoms with Crippen LogP contribution in [0.2, 0.25) is 5.02 Å². The molecular formula is C15H22ClN3O3. The second-order valence-corrected chi connectivity index (χ2v) is 5.37. The molecule has 22 heavy (non-hydrogen) atoms. The average molecular weight is 328 g/mol. The average Bonchev–Trinajstić information content (AvgIpc) is 2.47. The SMILES string of the molecule is CC[C@H](C)NC(=O)[C@H](C)NC(=O)Nc1cccc(Cl)c1OC. The van der Waals surface area contributed by atoms with Gasteiger partial charge in [-0.2, -0.15) is 0 Å². The molecule has 0 saturated carbocycles. The molecule has 0 fully saturated rings. The van der Waals surface area contributed by atoms with Crippen molar-refractivity contribution >= 4 is 29.2 Å². The highest BCUT2D eigenvalue weighted by Gasteiger charge is 2.18. The number of para-hydroxylation sites is 1. The second-order valence-electron chi connectivity index (χ2n) is 4.96. The van der Waals surface area contributed by atoms with Gasteiger partial charge in [-0.3, -0.25) is 4.79 Å². The molecule has 122 valence electrons. The Labute approximate surface area is 135 Å². The number of nitrogens with one attached hydrogen (secondary N) is 3. The van der Waals surface area contributed by atoms with Gasteiger partial charge in [0, 0.05) is 6.04 Å². The van der Waals surface area contributed by atoms with Gasteiger partial charge in [0.2, 0.25) is 5.91 Å². The fourth-order valence-electron chi connectivity index (χ4n) is 1.71. The number of rotatable bonds is 6. The van der Waals surface area contributed by atoms with E-state index in [-0.39, 0.29) is 11.9 Å². The van der Waals surface area contributed by atoms with Gasteiger partial charge in [0.25, 0.3) is 0 Å². The number of ether oxygens (including phenoxy) is 1. The number of urea groups is 1. The predicted molar refractivity (Wildman–Crippen MR) is 87.5 cm³/mol. The van der Waals surface area contributed by atoms with Crippen molar-refractivity contribution in [3.05, 3.63) is 23.2 Å². The zero-order valence-electron chi connectivity index (χ0n) is 13.2. The second kappa shape index (κ2) is 8.48. The molecular weight excluding hydrogens is 306 g/mol. The summed E-state index contributed by atoms with van der Waals surface area (Å²) in [6.07, 6.45) is 0.824. The number of methoxy groups -OCH3 is 1. The van der Waals surface area contributed by atoms with Gasteiger partial charge in [-0.25, -0.2) is 4.79 Å². The van der Waals surface area contributed by atoms with Crippen molar-refractivity contribution in [3.63, 3.8) is 0 Å². The minimum Gasteiger partial charge on any atom is -0.493 e. The highest BCUT2D eigenvalue weighted by molar-refractivity contribution is 6.32. The van der Waals surface area contributed by atoms with Crippen LogP contribution in [0.25, 0.3) is 0 Å². The van der Waals surface area contributed by atoms with E-state index in [2.05, 4.69) is 16.0 Å². The van der Waals surface area contributed by atoms with E-state index in [1.165, 1.54) is 7.11 Å². The van der Waals surface area contributed by atoms with Gasteiger partial charge >= 0.3 is 6.03 Å². The molecule has 2 atom stereocenters. The predicted octanol–water partition coefficient (Wildman–Crippen LogP) is 2.77. The fraction of sp³-hybridized carbons (Fsp3) is 0.467. The number of amides is 3. The van der Waals surface area contributed by atoms with Crippen molar-refractivity contribution in [2.75, 3.05) is 12.4 Å². The monoisotopic (exact) mass is 327 g/mol. The van der Waals surface area contributed by atoms with Crippen molar-refractivity contribution in [2.45, 2.75) is 39.3 Å². The molecule has 6 nitrogen and oxygen atoms in total. The Bertz CT molecular complexity index is 537. The van der Waals surface area contributed by atoms with Crippen LogP contribution in [-0.4, -0.2) is 31.1 Å². The van der Waals surface area contributed by atoms with E-state index < -0.39 is 12.1 Å². The Morgan fingerprint density at radius 1 is 1.27 bits per heavy atom. The van der Waals surface area contributed by atoms with Crippen molar-refractivity contribution < 1.29 is 14.3 Å². The van der Waals surface area contributed by atoms with Crippen molar-refractivity contribution in [1.82, 2.24) is 10.6 Å². The minimum atomic E-state index is -0.654. The number of halogens is 1. The smallest absolute Gasteiger partial charge is 0.319 e. The third-order valence-corrected chi connectivity index (χ3v) is 3.46. The van der Waals surface area contributed by atoms with E-state index in [0.717, 1.165) is 6.42 Å². The summed E-state index contributed by atoms with van der Waals surface area (Å²) in [5.74, 6) is 0.138. The van der Waals surface area contributed by atoms with E-state index in [4.69, 9.17) is 16.3 Å². The highest BCUT2D eigenvalue weighted by Crippen LogP contribution is 2.32. The van der Waals surface area contributed by atoms with Crippen LogP contribution in [0.4, 0.5) is 10.5 Å². The Balaban J connectivity index is 2.63. The summed E-state index contributed by atoms with van der Waals surface area (Å²) in [6, 6.07) is 3.92. The van der Waals surface area contributed by atoms with E-state index in [1.807, 2.05) is 13.8 Å². The fourth-order valence-corrected chi connectivity index (χ4v) is 1.96. The molecule has 0 radical (unpaired) electrons. The van der Waals surface area contributed by atoms with Gasteiger partial charge in [-0.15, -0.1) is 0 Å². The lowest BCUT2D eigenvalue weighted by Gasteiger charge is -2.18. The topological polar surface area (TPSA) is 79.5 Å². The first-order chi connectivity index (χ1) is 10.4. The molecule has 1 aromatic rings. The molecule has 1 aromatic carbocycles. The van der Waals surface area contributed by atoms with E-state index >= 15 is 0 Å². The molecule has 1 rings (SSSR count). The van der Waals surface area contributed by atoms with Crippen LogP contribution in [0.1, 0.15) is 27.2 Å². The third-order valence-electron chi connectivity index (χ3n) is 3.16. The van der Waals surface area contributed by atoms with Gasteiger partial charge in [0.15, 0.2) is 5.75 Å². The van der Waals surface area contributed by atoms with Crippen LogP contribution >= 0.6 is 11.6 Å². The molecule has 0 bridgehead atoms. The van der Waals surface area contributed by atoms with E-state index in [9.17, 15) is 9.59 Å². The molecule has 0 aliphatic rings. The molecule has 0 aliphatic heterocycles. The maximum absolute atomic E-state index is 12.0. The number of carbonyl (C=O) groups excluding carboxylic acids is 2. The molecule has 0 aromatic heterocycles. The number of carbonyl (C=O) groups is 2. The molecule has 3 N–H and O–H groups in total. The quantitative estimate of drug-likeness (QED) is 0.751. The third kappa shape index (κ3) is 5.11. The summed E-state index contributed by atoms with van der Waals surface area (Å²) < 4.78 is 5.14. The first-order valence-electron chi connectivity index (χ1n) is 7.09. The van der Waals surface area contributed by atoms with Gasteiger partial charge in [0.1, 0.15) is 6.04 Å². The van der Waals surface area contributed by atoms with Gasteiger partial charge in [0.05, 0.1) is 17.8 Å². The van der Waals surface area contributed by atoms with Crippen LogP contribution in [-0.2, 0) is 4.79 Å². The lowest BCUT2D eigenvalue weighted by molar-refractivity contribution is -0.123. The largest absolute Gasteiger partial charge is 0.493 e. The lowest BCUT2D eigenvalue weighted by atomic mass is 10.2. The highest BCUT2D eigenvalue weighted by atomic mass is 35.5. The summed E-state index contributed by atoms with van der Waals surface area (Å²) >= 11 is 5.98. The Hall–Kier alpha value is -1.95. The van der Waals surface area contributed by atoms with Crippen LogP contribution in [0.3, 0.4) is 0 Å². The van der Waals surface area contributed by atoms with Gasteiger partial charge in [-0.1, -0.05) is 24.6 Å². The first-order valence-corrected chi connectivity index (χ1v) is 7.47. The summed E-state index contributed by atoms with van der Waals surface area (Å²) in [6.45, 7) is 5.50. The number of hydrogen-bond donors (Lipinski definition) is 3. The van der Waals surface area contributed by atoms with Crippen molar-refractivity contribution in [3.8, 4) is 5.75 Å². The maximum Gasteiger partial charge on any atom is 0.319 e. The Morgan fingerprint density at radius 2 is 1.95 bits per heavy atom. The molecule has 0 aliphatic carbocycles. The molecule has 7 heteroatoms. The summed E-state index contributed by atoms with van der Waals surface area (Å²) in [4.78, 5) is 23.8. The lowest BCUT2D eigenvalue weighted by Crippen LogP contribution is -2.48. The number of anilines is 1. The summed E-state index contributed by atoms with van der Waals surface area (Å²) in [7, 11) is 1.46.